The number of nitrogens with one attached hydrogen (secondary N) is 2. The van der Waals surface area contributed by atoms with Crippen LogP contribution >= 0.6 is 12.4 Å². The van der Waals surface area contributed by atoms with E-state index in [9.17, 15) is 4.79 Å². The Morgan fingerprint density at radius 2 is 1.00 bits per heavy atom. The molecule has 25 heavy (non-hydrogen) atoms. The lowest BCUT2D eigenvalue weighted by Gasteiger charge is -2.06. The monoisotopic (exact) mass is 376 g/mol. The van der Waals surface area contributed by atoms with E-state index in [0.29, 0.717) is 6.42 Å². The lowest BCUT2D eigenvalue weighted by atomic mass is 10.0. The zero-order valence-electron chi connectivity index (χ0n) is 17.0. The van der Waals surface area contributed by atoms with E-state index in [1.165, 1.54) is 89.9 Å². The molecule has 0 aliphatic heterocycles. The molecule has 1 amide bonds. The summed E-state index contributed by atoms with van der Waals surface area (Å²) in [5, 5.41) is 0. The van der Waals surface area contributed by atoms with Gasteiger partial charge in [-0.2, -0.15) is 0 Å². The van der Waals surface area contributed by atoms with Crippen LogP contribution in [0.25, 0.3) is 0 Å². The predicted molar refractivity (Wildman–Crippen MR) is 113 cm³/mol. The van der Waals surface area contributed by atoms with Gasteiger partial charge in [-0.15, -0.1) is 12.4 Å². The summed E-state index contributed by atoms with van der Waals surface area (Å²) in [6.45, 7) is 5.22. The molecule has 2 N–H and O–H groups in total. The summed E-state index contributed by atoms with van der Waals surface area (Å²) >= 11 is 0. The molecule has 0 heterocycles. The van der Waals surface area contributed by atoms with Crippen LogP contribution in [0.5, 0.6) is 0 Å². The number of rotatable bonds is 19. The minimum Gasteiger partial charge on any atom is -0.292 e. The second kappa shape index (κ2) is 23.7. The molecule has 0 saturated heterocycles. The summed E-state index contributed by atoms with van der Waals surface area (Å²) in [6, 6.07) is 0. The smallest absolute Gasteiger partial charge is 0.234 e. The Balaban J connectivity index is 0. The van der Waals surface area contributed by atoms with Gasteiger partial charge >= 0.3 is 0 Å². The molecule has 0 saturated carbocycles. The van der Waals surface area contributed by atoms with Crippen LogP contribution < -0.4 is 10.9 Å². The van der Waals surface area contributed by atoms with E-state index in [-0.39, 0.29) is 18.3 Å². The maximum absolute atomic E-state index is 11.5. The molecule has 0 aliphatic rings. The summed E-state index contributed by atoms with van der Waals surface area (Å²) in [5.74, 6) is 0.137. The molecule has 152 valence electrons. The molecule has 3 nitrogen and oxygen atoms in total. The van der Waals surface area contributed by atoms with E-state index in [0.717, 1.165) is 19.4 Å². The first-order valence-electron chi connectivity index (χ1n) is 10.8. The van der Waals surface area contributed by atoms with Crippen LogP contribution in [-0.4, -0.2) is 12.5 Å². The summed E-state index contributed by atoms with van der Waals surface area (Å²) in [6.07, 6.45) is 22.1. The van der Waals surface area contributed by atoms with Crippen LogP contribution in [0.2, 0.25) is 0 Å². The average Bonchev–Trinajstić information content (AvgIpc) is 2.58. The molecule has 0 aliphatic carbocycles. The number of hydrogen-bond acceptors (Lipinski definition) is 2. The highest BCUT2D eigenvalue weighted by Gasteiger charge is 1.99. The van der Waals surface area contributed by atoms with Crippen molar-refractivity contribution in [1.82, 2.24) is 10.9 Å². The van der Waals surface area contributed by atoms with Crippen molar-refractivity contribution < 1.29 is 4.79 Å². The van der Waals surface area contributed by atoms with Crippen molar-refractivity contribution in [2.45, 2.75) is 123 Å². The summed E-state index contributed by atoms with van der Waals surface area (Å²) in [5.41, 5.74) is 5.68. The molecule has 0 radical (unpaired) electrons. The van der Waals surface area contributed by atoms with Crippen molar-refractivity contribution in [1.29, 1.82) is 0 Å². The van der Waals surface area contributed by atoms with Crippen molar-refractivity contribution in [3.8, 4) is 0 Å². The van der Waals surface area contributed by atoms with Gasteiger partial charge in [-0.1, -0.05) is 104 Å². The molecule has 0 aromatic carbocycles. The highest BCUT2D eigenvalue weighted by molar-refractivity contribution is 5.85. The molecule has 0 fully saturated rings. The van der Waals surface area contributed by atoms with Crippen LogP contribution in [0, 0.1) is 0 Å². The van der Waals surface area contributed by atoms with Crippen molar-refractivity contribution in [2.75, 3.05) is 6.54 Å². The largest absolute Gasteiger partial charge is 0.292 e. The molecule has 4 heteroatoms. The molecule has 0 unspecified atom stereocenters. The van der Waals surface area contributed by atoms with Gasteiger partial charge in [0.15, 0.2) is 0 Å². The highest BCUT2D eigenvalue weighted by Crippen LogP contribution is 2.13. The third kappa shape index (κ3) is 23.7. The first kappa shape index (κ1) is 26.9. The number of unbranched alkanes of at least 4 members (excludes halogenated alkanes) is 14. The SMILES string of the molecule is CCCCCCCCCCCCCCCCCC(=O)NNCCC.Cl. The Morgan fingerprint density at radius 1 is 0.600 bits per heavy atom. The second-order valence-electron chi connectivity index (χ2n) is 7.17. The van der Waals surface area contributed by atoms with Crippen molar-refractivity contribution >= 4 is 18.3 Å². The van der Waals surface area contributed by atoms with E-state index in [1.807, 2.05) is 0 Å². The van der Waals surface area contributed by atoms with Gasteiger partial charge in [-0.05, 0) is 12.8 Å². The predicted octanol–water partition coefficient (Wildman–Crippen LogP) is 6.70. The van der Waals surface area contributed by atoms with Crippen LogP contribution in [0.4, 0.5) is 0 Å². The van der Waals surface area contributed by atoms with Crippen LogP contribution in [0.3, 0.4) is 0 Å². The minimum atomic E-state index is 0. The molecular weight excluding hydrogens is 332 g/mol. The quantitative estimate of drug-likeness (QED) is 0.194. The molecule has 0 aromatic heterocycles. The Hall–Kier alpha value is -0.280. The van der Waals surface area contributed by atoms with E-state index >= 15 is 0 Å². The third-order valence-electron chi connectivity index (χ3n) is 4.61. The van der Waals surface area contributed by atoms with Crippen LogP contribution in [0.15, 0.2) is 0 Å². The van der Waals surface area contributed by atoms with Crippen molar-refractivity contribution in [3.63, 3.8) is 0 Å². The highest BCUT2D eigenvalue weighted by atomic mass is 35.5. The number of hydrazine groups is 1. The van der Waals surface area contributed by atoms with Crippen molar-refractivity contribution in [2.24, 2.45) is 0 Å². The van der Waals surface area contributed by atoms with Gasteiger partial charge in [-0.3, -0.25) is 10.2 Å². The van der Waals surface area contributed by atoms with Crippen LogP contribution in [-0.2, 0) is 4.79 Å². The van der Waals surface area contributed by atoms with Gasteiger partial charge in [0.05, 0.1) is 0 Å². The molecule has 0 spiro atoms. The van der Waals surface area contributed by atoms with E-state index in [1.54, 1.807) is 0 Å². The molecule has 0 atom stereocenters. The first-order chi connectivity index (χ1) is 11.8. The van der Waals surface area contributed by atoms with E-state index < -0.39 is 0 Å². The average molecular weight is 377 g/mol. The lowest BCUT2D eigenvalue weighted by molar-refractivity contribution is -0.122. The van der Waals surface area contributed by atoms with Gasteiger partial charge in [-0.25, -0.2) is 5.43 Å². The fourth-order valence-electron chi connectivity index (χ4n) is 3.01. The number of amides is 1. The van der Waals surface area contributed by atoms with Gasteiger partial charge in [0, 0.05) is 13.0 Å². The van der Waals surface area contributed by atoms with Crippen molar-refractivity contribution in [3.05, 3.63) is 0 Å². The summed E-state index contributed by atoms with van der Waals surface area (Å²) in [7, 11) is 0. The summed E-state index contributed by atoms with van der Waals surface area (Å²) in [4.78, 5) is 11.5. The Kier molecular flexibility index (Phi) is 25.6. The molecular formula is C21H45ClN2O. The number of carbonyl (C=O) groups excluding carboxylic acids is 1. The zero-order chi connectivity index (χ0) is 17.7. The second-order valence-corrected chi connectivity index (χ2v) is 7.17. The zero-order valence-corrected chi connectivity index (χ0v) is 17.9. The van der Waals surface area contributed by atoms with E-state index in [2.05, 4.69) is 24.7 Å². The first-order valence-corrected chi connectivity index (χ1v) is 10.8. The van der Waals surface area contributed by atoms with E-state index in [4.69, 9.17) is 0 Å². The summed E-state index contributed by atoms with van der Waals surface area (Å²) < 4.78 is 0. The van der Waals surface area contributed by atoms with Crippen LogP contribution in [0.1, 0.15) is 123 Å². The Labute approximate surface area is 163 Å². The fraction of sp³-hybridized carbons (Fsp3) is 0.952. The lowest BCUT2D eigenvalue weighted by Crippen LogP contribution is -2.37. The van der Waals surface area contributed by atoms with Gasteiger partial charge < -0.3 is 0 Å². The Morgan fingerprint density at radius 3 is 1.40 bits per heavy atom. The van der Waals surface area contributed by atoms with Gasteiger partial charge in [0.1, 0.15) is 0 Å². The third-order valence-corrected chi connectivity index (χ3v) is 4.61. The number of hydrogen-bond donors (Lipinski definition) is 2. The maximum atomic E-state index is 11.5. The van der Waals surface area contributed by atoms with Gasteiger partial charge in [0.25, 0.3) is 0 Å². The maximum Gasteiger partial charge on any atom is 0.234 e. The molecule has 0 aromatic rings. The Bertz CT molecular complexity index is 262. The fourth-order valence-corrected chi connectivity index (χ4v) is 3.01. The molecule has 0 bridgehead atoms. The number of halogens is 1. The minimum absolute atomic E-state index is 0. The van der Waals surface area contributed by atoms with Gasteiger partial charge in [0.2, 0.25) is 5.91 Å². The topological polar surface area (TPSA) is 41.1 Å². The standard InChI is InChI=1S/C21H44N2O.ClH/c1-3-5-6-7-8-9-10-11-12-13-14-15-16-17-18-19-21(24)23-22-20-4-2;/h22H,3-20H2,1-2H3,(H,23,24);1H. The number of carbonyl (C=O) groups is 1. The normalized spacial score (nSPS) is 10.5. The molecule has 0 rings (SSSR count).